The molecule has 1 amide bonds. The Morgan fingerprint density at radius 1 is 1.29 bits per heavy atom. The van der Waals surface area contributed by atoms with Crippen LogP contribution in [0, 0.1) is 13.8 Å². The van der Waals surface area contributed by atoms with Crippen molar-refractivity contribution in [1.82, 2.24) is 4.98 Å². The molecule has 0 fully saturated rings. The lowest BCUT2D eigenvalue weighted by Gasteiger charge is -2.11. The van der Waals surface area contributed by atoms with Gasteiger partial charge in [-0.1, -0.05) is 0 Å². The number of amides is 1. The summed E-state index contributed by atoms with van der Waals surface area (Å²) in [6.45, 7) is 5.60. The highest BCUT2D eigenvalue weighted by Crippen LogP contribution is 2.20. The number of benzene rings is 1. The summed E-state index contributed by atoms with van der Waals surface area (Å²) in [6.07, 6.45) is -0.671. The molecule has 1 heterocycles. The normalized spacial score (nSPS) is 12.0. The van der Waals surface area contributed by atoms with Crippen molar-refractivity contribution in [3.05, 3.63) is 41.6 Å². The fraction of sp³-hybridized carbons (Fsp3) is 0.333. The number of nitrogens with zero attached hydrogens (tertiary/aromatic N) is 1. The van der Waals surface area contributed by atoms with Gasteiger partial charge in [-0.2, -0.15) is 0 Å². The SMILES string of the molecule is Cc1nc(COc2ccc(OC(C)C(N)=O)cc2)oc1C. The van der Waals surface area contributed by atoms with E-state index in [-0.39, 0.29) is 6.61 Å². The molecule has 0 bridgehead atoms. The van der Waals surface area contributed by atoms with Gasteiger partial charge in [0, 0.05) is 0 Å². The van der Waals surface area contributed by atoms with Crippen LogP contribution < -0.4 is 15.2 Å². The average molecular weight is 290 g/mol. The Bertz CT molecular complexity index is 600. The van der Waals surface area contributed by atoms with Crippen molar-refractivity contribution in [2.75, 3.05) is 0 Å². The van der Waals surface area contributed by atoms with Crippen molar-refractivity contribution in [3.8, 4) is 11.5 Å². The first-order valence-corrected chi connectivity index (χ1v) is 6.57. The van der Waals surface area contributed by atoms with Crippen molar-refractivity contribution < 1.29 is 18.7 Å². The number of primary amides is 1. The van der Waals surface area contributed by atoms with Crippen molar-refractivity contribution in [3.63, 3.8) is 0 Å². The standard InChI is InChI=1S/C15H18N2O4/c1-9-10(2)21-14(17-9)8-19-12-4-6-13(7-5-12)20-11(3)15(16)18/h4-7,11H,8H2,1-3H3,(H2,16,18). The van der Waals surface area contributed by atoms with E-state index in [4.69, 9.17) is 19.6 Å². The first-order valence-electron chi connectivity index (χ1n) is 6.57. The van der Waals surface area contributed by atoms with Crippen LogP contribution in [0.3, 0.4) is 0 Å². The Kier molecular flexibility index (Phi) is 4.47. The van der Waals surface area contributed by atoms with Gasteiger partial charge in [-0.25, -0.2) is 4.98 Å². The first-order chi connectivity index (χ1) is 9.95. The highest BCUT2D eigenvalue weighted by atomic mass is 16.5. The van der Waals surface area contributed by atoms with Crippen molar-refractivity contribution >= 4 is 5.91 Å². The van der Waals surface area contributed by atoms with E-state index in [2.05, 4.69) is 4.98 Å². The summed E-state index contributed by atoms with van der Waals surface area (Å²) in [7, 11) is 0. The number of carbonyl (C=O) groups is 1. The van der Waals surface area contributed by atoms with Crippen LogP contribution in [0.1, 0.15) is 24.3 Å². The molecule has 0 radical (unpaired) electrons. The molecule has 0 saturated carbocycles. The molecule has 21 heavy (non-hydrogen) atoms. The van der Waals surface area contributed by atoms with Crippen LogP contribution in [0.25, 0.3) is 0 Å². The number of rotatable bonds is 6. The molecule has 0 aliphatic carbocycles. The summed E-state index contributed by atoms with van der Waals surface area (Å²) in [5, 5.41) is 0. The zero-order valence-electron chi connectivity index (χ0n) is 12.3. The molecule has 0 aliphatic rings. The minimum Gasteiger partial charge on any atom is -0.484 e. The Hall–Kier alpha value is -2.50. The van der Waals surface area contributed by atoms with E-state index in [1.165, 1.54) is 0 Å². The maximum Gasteiger partial charge on any atom is 0.258 e. The average Bonchev–Trinajstić information content (AvgIpc) is 2.77. The maximum absolute atomic E-state index is 10.9. The van der Waals surface area contributed by atoms with Gasteiger partial charge in [0.05, 0.1) is 5.69 Å². The van der Waals surface area contributed by atoms with Crippen LogP contribution in [0.5, 0.6) is 11.5 Å². The smallest absolute Gasteiger partial charge is 0.258 e. The monoisotopic (exact) mass is 290 g/mol. The van der Waals surface area contributed by atoms with Gasteiger partial charge in [-0.3, -0.25) is 4.79 Å². The molecular weight excluding hydrogens is 272 g/mol. The number of aromatic nitrogens is 1. The number of aryl methyl sites for hydroxylation is 2. The quantitative estimate of drug-likeness (QED) is 0.880. The lowest BCUT2D eigenvalue weighted by molar-refractivity contribution is -0.123. The van der Waals surface area contributed by atoms with E-state index in [1.54, 1.807) is 31.2 Å². The van der Waals surface area contributed by atoms with E-state index in [9.17, 15) is 4.79 Å². The third-order valence-corrected chi connectivity index (χ3v) is 2.97. The summed E-state index contributed by atoms with van der Waals surface area (Å²) in [6, 6.07) is 6.90. The summed E-state index contributed by atoms with van der Waals surface area (Å²) < 4.78 is 16.3. The summed E-state index contributed by atoms with van der Waals surface area (Å²) >= 11 is 0. The third-order valence-electron chi connectivity index (χ3n) is 2.97. The lowest BCUT2D eigenvalue weighted by Crippen LogP contribution is -2.30. The van der Waals surface area contributed by atoms with Crippen LogP contribution in [0.4, 0.5) is 0 Å². The van der Waals surface area contributed by atoms with Crippen molar-refractivity contribution in [1.29, 1.82) is 0 Å². The van der Waals surface area contributed by atoms with Gasteiger partial charge >= 0.3 is 0 Å². The molecule has 6 heteroatoms. The molecule has 1 aromatic carbocycles. The van der Waals surface area contributed by atoms with Crippen LogP contribution in [-0.2, 0) is 11.4 Å². The molecule has 2 aromatic rings. The Morgan fingerprint density at radius 2 is 1.90 bits per heavy atom. The summed E-state index contributed by atoms with van der Waals surface area (Å²) in [5.41, 5.74) is 5.99. The number of ether oxygens (including phenoxy) is 2. The molecule has 0 aliphatic heterocycles. The predicted octanol–water partition coefficient (Wildman–Crippen LogP) is 2.12. The number of hydrogen-bond acceptors (Lipinski definition) is 5. The lowest BCUT2D eigenvalue weighted by atomic mass is 10.3. The van der Waals surface area contributed by atoms with Gasteiger partial charge in [0.25, 0.3) is 5.91 Å². The molecule has 1 atom stereocenters. The number of carbonyl (C=O) groups excluding carboxylic acids is 1. The molecule has 0 spiro atoms. The van der Waals surface area contributed by atoms with E-state index >= 15 is 0 Å². The van der Waals surface area contributed by atoms with Gasteiger partial charge in [-0.05, 0) is 45.0 Å². The second kappa shape index (κ2) is 6.30. The molecule has 2 N–H and O–H groups in total. The maximum atomic E-state index is 10.9. The van der Waals surface area contributed by atoms with E-state index in [0.29, 0.717) is 17.4 Å². The number of hydrogen-bond donors (Lipinski definition) is 1. The fourth-order valence-corrected chi connectivity index (χ4v) is 1.62. The van der Waals surface area contributed by atoms with E-state index in [1.807, 2.05) is 13.8 Å². The Morgan fingerprint density at radius 3 is 2.43 bits per heavy atom. The second-order valence-corrected chi connectivity index (χ2v) is 4.67. The molecule has 2 rings (SSSR count). The highest BCUT2D eigenvalue weighted by Gasteiger charge is 2.10. The highest BCUT2D eigenvalue weighted by molar-refractivity contribution is 5.78. The van der Waals surface area contributed by atoms with Gasteiger partial charge in [0.15, 0.2) is 12.7 Å². The topological polar surface area (TPSA) is 87.6 Å². The zero-order chi connectivity index (χ0) is 15.4. The number of nitrogens with two attached hydrogens (primary N) is 1. The Labute approximate surface area is 122 Å². The molecule has 0 saturated heterocycles. The van der Waals surface area contributed by atoms with Gasteiger partial charge in [-0.15, -0.1) is 0 Å². The second-order valence-electron chi connectivity index (χ2n) is 4.67. The van der Waals surface area contributed by atoms with E-state index in [0.717, 1.165) is 11.5 Å². The number of oxazole rings is 1. The third kappa shape index (κ3) is 3.98. The first kappa shape index (κ1) is 14.9. The van der Waals surface area contributed by atoms with Gasteiger partial charge in [0.1, 0.15) is 17.3 Å². The fourth-order valence-electron chi connectivity index (χ4n) is 1.62. The molecule has 112 valence electrons. The van der Waals surface area contributed by atoms with Crippen molar-refractivity contribution in [2.24, 2.45) is 5.73 Å². The van der Waals surface area contributed by atoms with Crippen LogP contribution in [-0.4, -0.2) is 17.0 Å². The minimum atomic E-state index is -0.671. The summed E-state index contributed by atoms with van der Waals surface area (Å²) in [4.78, 5) is 15.1. The van der Waals surface area contributed by atoms with Crippen molar-refractivity contribution in [2.45, 2.75) is 33.5 Å². The van der Waals surface area contributed by atoms with Crippen LogP contribution in [0.2, 0.25) is 0 Å². The minimum absolute atomic E-state index is 0.257. The summed E-state index contributed by atoms with van der Waals surface area (Å²) in [5.74, 6) is 2.02. The molecule has 1 unspecified atom stereocenters. The van der Waals surface area contributed by atoms with Crippen LogP contribution in [0.15, 0.2) is 28.7 Å². The molecule has 6 nitrogen and oxygen atoms in total. The molecule has 1 aromatic heterocycles. The van der Waals surface area contributed by atoms with Gasteiger partial charge in [0.2, 0.25) is 5.89 Å². The predicted molar refractivity (Wildman–Crippen MR) is 76.0 cm³/mol. The van der Waals surface area contributed by atoms with Gasteiger partial charge < -0.3 is 19.6 Å². The van der Waals surface area contributed by atoms with Crippen LogP contribution >= 0.6 is 0 Å². The zero-order valence-corrected chi connectivity index (χ0v) is 12.3. The Balaban J connectivity index is 1.91. The molecular formula is C15H18N2O4. The largest absolute Gasteiger partial charge is 0.484 e. The van der Waals surface area contributed by atoms with E-state index < -0.39 is 12.0 Å².